The van der Waals surface area contributed by atoms with Crippen molar-refractivity contribution in [2.75, 3.05) is 19.5 Å². The van der Waals surface area contributed by atoms with Gasteiger partial charge in [-0.25, -0.2) is 4.79 Å². The highest BCUT2D eigenvalue weighted by atomic mass is 35.5. The van der Waals surface area contributed by atoms with Crippen molar-refractivity contribution in [2.24, 2.45) is 0 Å². The molecular formula is C12H11ClN2O3. The summed E-state index contributed by atoms with van der Waals surface area (Å²) in [6.07, 6.45) is 1.25. The van der Waals surface area contributed by atoms with Crippen molar-refractivity contribution >= 4 is 23.3 Å². The van der Waals surface area contributed by atoms with Gasteiger partial charge in [0.25, 0.3) is 0 Å². The molecule has 0 aromatic heterocycles. The first-order valence-electron chi connectivity index (χ1n) is 4.91. The molecule has 0 bridgehead atoms. The molecule has 0 heterocycles. The summed E-state index contributed by atoms with van der Waals surface area (Å²) in [6, 6.07) is 6.71. The van der Waals surface area contributed by atoms with Crippen molar-refractivity contribution in [1.82, 2.24) is 0 Å². The highest BCUT2D eigenvalue weighted by Gasteiger charge is 2.08. The van der Waals surface area contributed by atoms with Crippen molar-refractivity contribution in [1.29, 1.82) is 5.26 Å². The summed E-state index contributed by atoms with van der Waals surface area (Å²) >= 11 is 5.93. The van der Waals surface area contributed by atoms with Crippen LogP contribution in [0.4, 0.5) is 5.69 Å². The van der Waals surface area contributed by atoms with Crippen LogP contribution < -0.4 is 10.1 Å². The molecule has 94 valence electrons. The maximum Gasteiger partial charge on any atom is 0.350 e. The second kappa shape index (κ2) is 6.52. The first-order chi connectivity index (χ1) is 8.62. The van der Waals surface area contributed by atoms with Gasteiger partial charge in [-0.3, -0.25) is 0 Å². The molecule has 1 aromatic rings. The largest absolute Gasteiger partial charge is 0.495 e. The SMILES string of the molecule is COC(=O)/C(C#N)=C/Nc1ccc(OC)c(Cl)c1. The van der Waals surface area contributed by atoms with Gasteiger partial charge in [0, 0.05) is 11.9 Å². The molecule has 0 spiro atoms. The van der Waals surface area contributed by atoms with Crippen molar-refractivity contribution in [3.05, 3.63) is 35.0 Å². The molecule has 0 fully saturated rings. The molecule has 0 aliphatic carbocycles. The standard InChI is InChI=1S/C12H11ClN2O3/c1-17-11-4-3-9(5-10(11)13)15-7-8(6-14)12(16)18-2/h3-5,7,15H,1-2H3/b8-7+. The zero-order valence-electron chi connectivity index (χ0n) is 9.86. The van der Waals surface area contributed by atoms with Gasteiger partial charge in [-0.1, -0.05) is 11.6 Å². The number of hydrogen-bond acceptors (Lipinski definition) is 5. The predicted octanol–water partition coefficient (Wildman–Crippen LogP) is 2.34. The molecule has 1 aromatic carbocycles. The highest BCUT2D eigenvalue weighted by Crippen LogP contribution is 2.27. The first-order valence-corrected chi connectivity index (χ1v) is 5.28. The minimum absolute atomic E-state index is 0.135. The van der Waals surface area contributed by atoms with Gasteiger partial charge in [0.15, 0.2) is 5.57 Å². The number of rotatable bonds is 4. The zero-order chi connectivity index (χ0) is 13.5. The summed E-state index contributed by atoms with van der Waals surface area (Å²) in [7, 11) is 2.72. The Morgan fingerprint density at radius 1 is 1.50 bits per heavy atom. The van der Waals surface area contributed by atoms with Crippen LogP contribution in [0.5, 0.6) is 5.75 Å². The smallest absolute Gasteiger partial charge is 0.350 e. The third-order valence-electron chi connectivity index (χ3n) is 2.06. The van der Waals surface area contributed by atoms with E-state index < -0.39 is 5.97 Å². The van der Waals surface area contributed by atoms with E-state index >= 15 is 0 Å². The molecule has 0 amide bonds. The van der Waals surface area contributed by atoms with Gasteiger partial charge >= 0.3 is 5.97 Å². The van der Waals surface area contributed by atoms with Crippen LogP contribution in [0.3, 0.4) is 0 Å². The summed E-state index contributed by atoms with van der Waals surface area (Å²) in [5, 5.41) is 11.9. The lowest BCUT2D eigenvalue weighted by atomic mass is 10.3. The number of nitriles is 1. The van der Waals surface area contributed by atoms with Crippen LogP contribution in [-0.2, 0) is 9.53 Å². The lowest BCUT2D eigenvalue weighted by molar-refractivity contribution is -0.135. The van der Waals surface area contributed by atoms with Crippen molar-refractivity contribution in [3.63, 3.8) is 0 Å². The van der Waals surface area contributed by atoms with Crippen molar-refractivity contribution in [3.8, 4) is 11.8 Å². The second-order valence-corrected chi connectivity index (χ2v) is 3.56. The van der Waals surface area contributed by atoms with E-state index in [2.05, 4.69) is 10.1 Å². The van der Waals surface area contributed by atoms with E-state index in [0.717, 1.165) is 0 Å². The molecule has 5 nitrogen and oxygen atoms in total. The van der Waals surface area contributed by atoms with Crippen LogP contribution in [0.15, 0.2) is 30.0 Å². The quantitative estimate of drug-likeness (QED) is 0.514. The molecule has 18 heavy (non-hydrogen) atoms. The number of halogens is 1. The Kier molecular flexibility index (Phi) is 5.03. The Labute approximate surface area is 110 Å². The highest BCUT2D eigenvalue weighted by molar-refractivity contribution is 6.32. The molecule has 6 heteroatoms. The Morgan fingerprint density at radius 2 is 2.22 bits per heavy atom. The topological polar surface area (TPSA) is 71.4 Å². The average molecular weight is 267 g/mol. The van der Waals surface area contributed by atoms with Crippen LogP contribution in [0.25, 0.3) is 0 Å². The third-order valence-corrected chi connectivity index (χ3v) is 2.36. The maximum atomic E-state index is 11.1. The maximum absolute atomic E-state index is 11.1. The Balaban J connectivity index is 2.86. The van der Waals surface area contributed by atoms with E-state index in [-0.39, 0.29) is 5.57 Å². The number of esters is 1. The third kappa shape index (κ3) is 3.40. The van der Waals surface area contributed by atoms with Gasteiger partial charge in [0.1, 0.15) is 11.8 Å². The minimum Gasteiger partial charge on any atom is -0.495 e. The average Bonchev–Trinajstić information content (AvgIpc) is 2.39. The van der Waals surface area contributed by atoms with E-state index in [4.69, 9.17) is 21.6 Å². The number of carbonyl (C=O) groups excluding carboxylic acids is 1. The summed E-state index contributed by atoms with van der Waals surface area (Å²) in [5.41, 5.74) is 0.488. The van der Waals surface area contributed by atoms with Gasteiger partial charge in [-0.15, -0.1) is 0 Å². The number of nitrogens with zero attached hydrogens (tertiary/aromatic N) is 1. The number of carbonyl (C=O) groups is 1. The summed E-state index contributed by atoms with van der Waals surface area (Å²) in [5.74, 6) is -0.163. The van der Waals surface area contributed by atoms with E-state index in [0.29, 0.717) is 16.5 Å². The van der Waals surface area contributed by atoms with Gasteiger partial charge in [0.05, 0.1) is 19.2 Å². The number of anilines is 1. The fourth-order valence-corrected chi connectivity index (χ4v) is 1.42. The molecule has 1 rings (SSSR count). The minimum atomic E-state index is -0.704. The van der Waals surface area contributed by atoms with Gasteiger partial charge < -0.3 is 14.8 Å². The molecule has 1 N–H and O–H groups in total. The lowest BCUT2D eigenvalue weighted by Crippen LogP contribution is -2.05. The van der Waals surface area contributed by atoms with Gasteiger partial charge in [-0.05, 0) is 18.2 Å². The van der Waals surface area contributed by atoms with Crippen LogP contribution in [0, 0.1) is 11.3 Å². The molecule has 0 aliphatic heterocycles. The van der Waals surface area contributed by atoms with Gasteiger partial charge in [0.2, 0.25) is 0 Å². The fraction of sp³-hybridized carbons (Fsp3) is 0.167. The van der Waals surface area contributed by atoms with E-state index in [1.165, 1.54) is 20.4 Å². The van der Waals surface area contributed by atoms with Crippen LogP contribution in [-0.4, -0.2) is 20.2 Å². The molecule has 0 unspecified atom stereocenters. The second-order valence-electron chi connectivity index (χ2n) is 3.16. The summed E-state index contributed by atoms with van der Waals surface area (Å²) < 4.78 is 9.44. The molecule has 0 aliphatic rings. The van der Waals surface area contributed by atoms with E-state index in [1.807, 2.05) is 0 Å². The van der Waals surface area contributed by atoms with Crippen LogP contribution >= 0.6 is 11.6 Å². The van der Waals surface area contributed by atoms with Crippen LogP contribution in [0.1, 0.15) is 0 Å². The fourth-order valence-electron chi connectivity index (χ4n) is 1.16. The number of hydrogen-bond donors (Lipinski definition) is 1. The number of methoxy groups -OCH3 is 2. The zero-order valence-corrected chi connectivity index (χ0v) is 10.6. The van der Waals surface area contributed by atoms with Crippen LogP contribution in [0.2, 0.25) is 5.02 Å². The number of nitrogens with one attached hydrogen (secondary N) is 1. The first kappa shape index (κ1) is 13.9. The van der Waals surface area contributed by atoms with E-state index in [9.17, 15) is 4.79 Å². The lowest BCUT2D eigenvalue weighted by Gasteiger charge is -2.06. The molecule has 0 atom stereocenters. The van der Waals surface area contributed by atoms with E-state index in [1.54, 1.807) is 24.3 Å². The Hall–Kier alpha value is -2.19. The molecular weight excluding hydrogens is 256 g/mol. The number of benzene rings is 1. The summed E-state index contributed by atoms with van der Waals surface area (Å²) in [4.78, 5) is 11.1. The molecule has 0 saturated carbocycles. The molecule has 0 saturated heterocycles. The van der Waals surface area contributed by atoms with Gasteiger partial charge in [-0.2, -0.15) is 5.26 Å². The number of ether oxygens (including phenoxy) is 2. The monoisotopic (exact) mass is 266 g/mol. The Bertz CT molecular complexity index is 521. The molecule has 0 radical (unpaired) electrons. The summed E-state index contributed by atoms with van der Waals surface area (Å²) in [6.45, 7) is 0. The van der Waals surface area contributed by atoms with Crippen molar-refractivity contribution in [2.45, 2.75) is 0 Å². The predicted molar refractivity (Wildman–Crippen MR) is 67.3 cm³/mol. The normalized spacial score (nSPS) is 10.4. The van der Waals surface area contributed by atoms with Crippen molar-refractivity contribution < 1.29 is 14.3 Å². The Morgan fingerprint density at radius 3 is 2.72 bits per heavy atom.